The van der Waals surface area contributed by atoms with Crippen molar-refractivity contribution in [2.45, 2.75) is 66.2 Å². The Kier molecular flexibility index (Phi) is 9.22. The second-order valence-electron chi connectivity index (χ2n) is 16.0. The Morgan fingerprint density at radius 2 is 1.13 bits per heavy atom. The Morgan fingerprint density at radius 1 is 0.630 bits per heavy atom. The molecule has 4 aromatic carbocycles. The van der Waals surface area contributed by atoms with Crippen LogP contribution in [0, 0.1) is 31.3 Å². The third-order valence-corrected chi connectivity index (χ3v) is 12.4. The maximum atomic E-state index is 6.38. The average Bonchev–Trinajstić information content (AvgIpc) is 3.82. The predicted molar refractivity (Wildman–Crippen MR) is 236 cm³/mol. The molecule has 1 N–H and O–H groups in total. The van der Waals surface area contributed by atoms with Gasteiger partial charge >= 0.3 is 0 Å². The molecule has 2 aliphatic heterocycles. The van der Waals surface area contributed by atoms with Gasteiger partial charge in [0.1, 0.15) is 0 Å². The monoisotopic (exact) mass is 864 g/mol. The number of fused-ring (bicyclic) bond motifs is 4. The van der Waals surface area contributed by atoms with E-state index in [1.54, 1.807) is 0 Å². The van der Waals surface area contributed by atoms with Crippen molar-refractivity contribution in [1.29, 1.82) is 0 Å². The predicted octanol–water partition coefficient (Wildman–Crippen LogP) is 12.9. The van der Waals surface area contributed by atoms with E-state index in [0.29, 0.717) is 0 Å². The van der Waals surface area contributed by atoms with Crippen LogP contribution in [-0.4, -0.2) is 33.3 Å². The van der Waals surface area contributed by atoms with Crippen LogP contribution in [0.25, 0.3) is 32.9 Å². The summed E-state index contributed by atoms with van der Waals surface area (Å²) in [6, 6.07) is 25.4. The maximum Gasteiger partial charge on any atom is 0.0727 e. The number of benzene rings is 4. The molecule has 5 heterocycles. The van der Waals surface area contributed by atoms with Crippen LogP contribution in [0.2, 0.25) is 10.0 Å². The van der Waals surface area contributed by atoms with Crippen molar-refractivity contribution >= 4 is 90.3 Å². The molecule has 0 bridgehead atoms. The highest BCUT2D eigenvalue weighted by molar-refractivity contribution is 14.1. The number of H-pyrrole nitrogens is 1. The third kappa shape index (κ3) is 6.32. The van der Waals surface area contributed by atoms with Crippen molar-refractivity contribution in [2.24, 2.45) is 0 Å². The van der Waals surface area contributed by atoms with Gasteiger partial charge in [-0.2, -0.15) is 5.10 Å². The zero-order chi connectivity index (χ0) is 38.3. The number of nitrogens with one attached hydrogen (secondary N) is 1. The Bertz CT molecular complexity index is 2610. The molecule has 9 heteroatoms. The van der Waals surface area contributed by atoms with Gasteiger partial charge in [-0.05, 0) is 133 Å². The summed E-state index contributed by atoms with van der Waals surface area (Å²) >= 11 is 15.1. The Labute approximate surface area is 341 Å². The molecular formula is C45H43Cl2IN6. The molecule has 3 aromatic heterocycles. The Balaban J connectivity index is 0.000000155. The standard InChI is InChI=1S/C24H23ClN4.C21H20ClIN2/c1-14-15(2)28-21-8-6-18(25)10-19(21)23(14)29-13-24(3,4)20-7-5-16(9-22(20)29)17-11-26-27-12-17;1-12-13(2)24-18-8-5-14(22)9-16(18)20(12)25-11-21(3,4)17-7-6-15(23)10-19(17)25/h5-12H,13H2,1-4H3,(H,26,27);5-10H,11H2,1-4H3. The fourth-order valence-corrected chi connectivity index (χ4v) is 9.13. The van der Waals surface area contributed by atoms with E-state index in [4.69, 9.17) is 33.2 Å². The number of aryl methyl sites for hydroxylation is 2. The first-order chi connectivity index (χ1) is 25.6. The molecule has 0 aliphatic carbocycles. The lowest BCUT2D eigenvalue weighted by molar-refractivity contribution is 0.569. The minimum Gasteiger partial charge on any atom is -0.340 e. The Morgan fingerprint density at radius 3 is 1.63 bits per heavy atom. The molecule has 9 rings (SSSR count). The fourth-order valence-electron chi connectivity index (χ4n) is 8.31. The van der Waals surface area contributed by atoms with Gasteiger partial charge in [0.05, 0.1) is 28.6 Å². The summed E-state index contributed by atoms with van der Waals surface area (Å²) in [7, 11) is 0. The van der Waals surface area contributed by atoms with E-state index in [-0.39, 0.29) is 10.8 Å². The molecule has 0 amide bonds. The first kappa shape index (κ1) is 36.8. The lowest BCUT2D eigenvalue weighted by Crippen LogP contribution is -2.25. The van der Waals surface area contributed by atoms with Crippen molar-refractivity contribution in [1.82, 2.24) is 20.2 Å². The summed E-state index contributed by atoms with van der Waals surface area (Å²) in [5.41, 5.74) is 16.6. The molecule has 2 aliphatic rings. The average molecular weight is 866 g/mol. The number of nitrogens with zero attached hydrogens (tertiary/aromatic N) is 5. The molecule has 0 spiro atoms. The molecule has 274 valence electrons. The SMILES string of the molecule is Cc1nc2ccc(Cl)cc2c(N2CC(C)(C)c3ccc(-c4cn[nH]c4)cc32)c1C.Cc1nc2ccc(Cl)cc2c(N2CC(C)(C)c3ccc(I)cc32)c1C. The number of aromatic nitrogens is 4. The number of halogens is 3. The van der Waals surface area contributed by atoms with Gasteiger partial charge in [-0.25, -0.2) is 0 Å². The largest absolute Gasteiger partial charge is 0.340 e. The van der Waals surface area contributed by atoms with Gasteiger partial charge in [0.25, 0.3) is 0 Å². The molecule has 6 nitrogen and oxygen atoms in total. The zero-order valence-electron chi connectivity index (χ0n) is 31.9. The van der Waals surface area contributed by atoms with Crippen LogP contribution < -0.4 is 9.80 Å². The number of hydrogen-bond acceptors (Lipinski definition) is 5. The number of anilines is 4. The van der Waals surface area contributed by atoms with Crippen LogP contribution in [0.3, 0.4) is 0 Å². The van der Waals surface area contributed by atoms with Gasteiger partial charge in [0.2, 0.25) is 0 Å². The van der Waals surface area contributed by atoms with Crippen molar-refractivity contribution in [3.8, 4) is 11.1 Å². The second-order valence-corrected chi connectivity index (χ2v) is 18.1. The normalized spacial score (nSPS) is 15.4. The maximum absolute atomic E-state index is 6.38. The molecule has 7 aromatic rings. The van der Waals surface area contributed by atoms with Gasteiger partial charge in [0.15, 0.2) is 0 Å². The third-order valence-electron chi connectivity index (χ3n) is 11.3. The van der Waals surface area contributed by atoms with Crippen LogP contribution in [-0.2, 0) is 10.8 Å². The molecule has 0 radical (unpaired) electrons. The van der Waals surface area contributed by atoms with Gasteiger partial charge in [-0.3, -0.25) is 15.1 Å². The van der Waals surface area contributed by atoms with Crippen LogP contribution >= 0.6 is 45.8 Å². The zero-order valence-corrected chi connectivity index (χ0v) is 35.5. The first-order valence-electron chi connectivity index (χ1n) is 18.2. The van der Waals surface area contributed by atoms with Crippen LogP contribution in [0.5, 0.6) is 0 Å². The molecule has 0 unspecified atom stereocenters. The minimum atomic E-state index is 0.0404. The van der Waals surface area contributed by atoms with E-state index in [2.05, 4.69) is 134 Å². The van der Waals surface area contributed by atoms with Gasteiger partial charge < -0.3 is 9.80 Å². The van der Waals surface area contributed by atoms with E-state index in [1.165, 1.54) is 48.6 Å². The second kappa shape index (κ2) is 13.5. The molecule has 0 saturated heterocycles. The summed E-state index contributed by atoms with van der Waals surface area (Å²) in [6.07, 6.45) is 3.80. The van der Waals surface area contributed by atoms with Gasteiger partial charge in [0, 0.05) is 82.8 Å². The molecule has 0 atom stereocenters. The van der Waals surface area contributed by atoms with Gasteiger partial charge in [-0.15, -0.1) is 0 Å². The lowest BCUT2D eigenvalue weighted by atomic mass is 9.86. The van der Waals surface area contributed by atoms with Crippen molar-refractivity contribution in [2.75, 3.05) is 22.9 Å². The van der Waals surface area contributed by atoms with Crippen molar-refractivity contribution in [3.05, 3.63) is 132 Å². The van der Waals surface area contributed by atoms with E-state index in [9.17, 15) is 0 Å². The quantitative estimate of drug-likeness (QED) is 0.179. The van der Waals surface area contributed by atoms with E-state index in [0.717, 1.165) is 67.5 Å². The lowest BCUT2D eigenvalue weighted by Gasteiger charge is -2.26. The summed E-state index contributed by atoms with van der Waals surface area (Å²) in [4.78, 5) is 14.5. The van der Waals surface area contributed by atoms with Gasteiger partial charge in [-0.1, -0.05) is 69.1 Å². The Hall–Kier alpha value is -4.18. The summed E-state index contributed by atoms with van der Waals surface area (Å²) in [6.45, 7) is 19.6. The van der Waals surface area contributed by atoms with Crippen molar-refractivity contribution < 1.29 is 0 Å². The van der Waals surface area contributed by atoms with Crippen LogP contribution in [0.15, 0.2) is 85.2 Å². The fraction of sp³-hybridized carbons (Fsp3) is 0.267. The molecular weight excluding hydrogens is 822 g/mol. The van der Waals surface area contributed by atoms with Crippen LogP contribution in [0.1, 0.15) is 61.3 Å². The number of hydrogen-bond donors (Lipinski definition) is 1. The summed E-state index contributed by atoms with van der Waals surface area (Å²) in [5, 5.41) is 10.7. The topological polar surface area (TPSA) is 60.9 Å². The minimum absolute atomic E-state index is 0.0404. The van der Waals surface area contributed by atoms with Crippen molar-refractivity contribution in [3.63, 3.8) is 0 Å². The summed E-state index contributed by atoms with van der Waals surface area (Å²) < 4.78 is 1.25. The highest BCUT2D eigenvalue weighted by atomic mass is 127. The molecule has 54 heavy (non-hydrogen) atoms. The van der Waals surface area contributed by atoms with E-state index in [1.807, 2.05) is 48.8 Å². The summed E-state index contributed by atoms with van der Waals surface area (Å²) in [5.74, 6) is 0. The smallest absolute Gasteiger partial charge is 0.0727 e. The molecule has 0 saturated carbocycles. The van der Waals surface area contributed by atoms with E-state index >= 15 is 0 Å². The highest BCUT2D eigenvalue weighted by Crippen LogP contribution is 2.50. The first-order valence-corrected chi connectivity index (χ1v) is 20.1. The number of aromatic amines is 1. The van der Waals surface area contributed by atoms with Crippen LogP contribution in [0.4, 0.5) is 22.7 Å². The molecule has 0 fully saturated rings. The highest BCUT2D eigenvalue weighted by Gasteiger charge is 2.38. The van der Waals surface area contributed by atoms with E-state index < -0.39 is 0 Å². The number of rotatable bonds is 3. The number of pyridine rings is 2.